The van der Waals surface area contributed by atoms with E-state index >= 15 is 0 Å². The van der Waals surface area contributed by atoms with E-state index < -0.39 is 0 Å². The summed E-state index contributed by atoms with van der Waals surface area (Å²) in [6.07, 6.45) is 0.329. The van der Waals surface area contributed by atoms with Crippen LogP contribution in [0.5, 0.6) is 0 Å². The van der Waals surface area contributed by atoms with E-state index in [1.54, 1.807) is 12.1 Å². The van der Waals surface area contributed by atoms with Gasteiger partial charge in [-0.3, -0.25) is 4.79 Å². The maximum absolute atomic E-state index is 14.1. The van der Waals surface area contributed by atoms with Gasteiger partial charge < -0.3 is 5.32 Å². The fourth-order valence-electron chi connectivity index (χ4n) is 2.47. The van der Waals surface area contributed by atoms with Crippen molar-refractivity contribution < 1.29 is 9.18 Å². The molecule has 1 N–H and O–H groups in total. The molecule has 0 fully saturated rings. The molecule has 1 aliphatic heterocycles. The number of hydrogen-bond acceptors (Lipinski definition) is 1. The number of rotatable bonds is 2. The summed E-state index contributed by atoms with van der Waals surface area (Å²) in [5.41, 5.74) is 3.77. The summed E-state index contributed by atoms with van der Waals surface area (Å²) >= 11 is 9.79. The molecular formula is C16H12BrClFNO. The SMILES string of the molecule is Cc1ccc(C(Br)c2cc3c(cc2Cl)NC(=O)C3)c(F)c1. The first-order chi connectivity index (χ1) is 9.95. The molecule has 1 heterocycles. The van der Waals surface area contributed by atoms with Crippen LogP contribution in [0.1, 0.15) is 27.1 Å². The Morgan fingerprint density at radius 3 is 2.76 bits per heavy atom. The summed E-state index contributed by atoms with van der Waals surface area (Å²) in [6, 6.07) is 8.68. The number of alkyl halides is 1. The molecule has 2 aromatic rings. The average Bonchev–Trinajstić information content (AvgIpc) is 2.76. The molecule has 3 rings (SSSR count). The smallest absolute Gasteiger partial charge is 0.228 e. The maximum atomic E-state index is 14.1. The summed E-state index contributed by atoms with van der Waals surface area (Å²) < 4.78 is 14.1. The lowest BCUT2D eigenvalue weighted by molar-refractivity contribution is -0.115. The Morgan fingerprint density at radius 2 is 2.05 bits per heavy atom. The van der Waals surface area contributed by atoms with E-state index in [0.29, 0.717) is 17.0 Å². The zero-order chi connectivity index (χ0) is 15.1. The van der Waals surface area contributed by atoms with E-state index in [4.69, 9.17) is 11.6 Å². The highest BCUT2D eigenvalue weighted by Crippen LogP contribution is 2.40. The molecule has 2 nitrogen and oxygen atoms in total. The number of anilines is 1. The number of aryl methyl sites for hydroxylation is 1. The Hall–Kier alpha value is -1.39. The second-order valence-corrected chi connectivity index (χ2v) is 6.47. The average molecular weight is 369 g/mol. The summed E-state index contributed by atoms with van der Waals surface area (Å²) in [5.74, 6) is -0.325. The molecule has 0 saturated heterocycles. The van der Waals surface area contributed by atoms with Crippen molar-refractivity contribution in [3.8, 4) is 0 Å². The van der Waals surface area contributed by atoms with Crippen LogP contribution in [-0.2, 0) is 11.2 Å². The van der Waals surface area contributed by atoms with E-state index in [-0.39, 0.29) is 16.6 Å². The van der Waals surface area contributed by atoms with Gasteiger partial charge in [0.15, 0.2) is 0 Å². The number of nitrogens with one attached hydrogen (secondary N) is 1. The van der Waals surface area contributed by atoms with Crippen molar-refractivity contribution in [1.82, 2.24) is 0 Å². The van der Waals surface area contributed by atoms with Gasteiger partial charge in [-0.2, -0.15) is 0 Å². The van der Waals surface area contributed by atoms with Crippen molar-refractivity contribution in [3.05, 3.63) is 63.4 Å². The van der Waals surface area contributed by atoms with Crippen LogP contribution in [0.2, 0.25) is 5.02 Å². The van der Waals surface area contributed by atoms with E-state index in [2.05, 4.69) is 21.2 Å². The number of hydrogen-bond donors (Lipinski definition) is 1. The van der Waals surface area contributed by atoms with Gasteiger partial charge in [0, 0.05) is 16.3 Å². The predicted molar refractivity (Wildman–Crippen MR) is 85.7 cm³/mol. The standard InChI is InChI=1S/C16H12BrClFNO/c1-8-2-3-10(13(19)4-8)16(17)11-5-9-6-15(21)20-14(9)7-12(11)18/h2-5,7,16H,6H2,1H3,(H,20,21). The Balaban J connectivity index is 2.04. The van der Waals surface area contributed by atoms with Crippen LogP contribution in [0.25, 0.3) is 0 Å². The van der Waals surface area contributed by atoms with Crippen LogP contribution in [0.15, 0.2) is 30.3 Å². The van der Waals surface area contributed by atoms with Crippen LogP contribution in [0.4, 0.5) is 10.1 Å². The van der Waals surface area contributed by atoms with Crippen molar-refractivity contribution >= 4 is 39.1 Å². The Labute approximate surface area is 135 Å². The molecule has 5 heteroatoms. The largest absolute Gasteiger partial charge is 0.325 e. The normalized spacial score (nSPS) is 14.8. The van der Waals surface area contributed by atoms with Crippen molar-refractivity contribution in [1.29, 1.82) is 0 Å². The molecule has 0 radical (unpaired) electrons. The molecule has 0 bridgehead atoms. The van der Waals surface area contributed by atoms with E-state index in [0.717, 1.165) is 22.4 Å². The summed E-state index contributed by atoms with van der Waals surface area (Å²) in [5, 5.41) is 3.25. The molecule has 21 heavy (non-hydrogen) atoms. The number of carbonyl (C=O) groups is 1. The zero-order valence-corrected chi connectivity index (χ0v) is 13.6. The van der Waals surface area contributed by atoms with Gasteiger partial charge in [0.25, 0.3) is 0 Å². The number of fused-ring (bicyclic) bond motifs is 1. The van der Waals surface area contributed by atoms with Gasteiger partial charge >= 0.3 is 0 Å². The van der Waals surface area contributed by atoms with Gasteiger partial charge in [-0.15, -0.1) is 0 Å². The van der Waals surface area contributed by atoms with Gasteiger partial charge in [-0.05, 0) is 35.7 Å². The van der Waals surface area contributed by atoms with Gasteiger partial charge in [-0.25, -0.2) is 4.39 Å². The van der Waals surface area contributed by atoms with Crippen LogP contribution in [-0.4, -0.2) is 5.91 Å². The molecule has 0 saturated carbocycles. The fraction of sp³-hybridized carbons (Fsp3) is 0.188. The fourth-order valence-corrected chi connectivity index (χ4v) is 3.62. The molecular weight excluding hydrogens is 357 g/mol. The third-order valence-corrected chi connectivity index (χ3v) is 4.86. The van der Waals surface area contributed by atoms with Crippen molar-refractivity contribution in [2.24, 2.45) is 0 Å². The molecule has 1 unspecified atom stereocenters. The first-order valence-electron chi connectivity index (χ1n) is 6.48. The molecule has 1 amide bonds. The van der Waals surface area contributed by atoms with Crippen LogP contribution >= 0.6 is 27.5 Å². The van der Waals surface area contributed by atoms with Crippen molar-refractivity contribution in [2.45, 2.75) is 18.2 Å². The number of amides is 1. The van der Waals surface area contributed by atoms with Crippen LogP contribution in [0.3, 0.4) is 0 Å². The van der Waals surface area contributed by atoms with Gasteiger partial charge in [0.1, 0.15) is 5.82 Å². The highest BCUT2D eigenvalue weighted by molar-refractivity contribution is 9.09. The van der Waals surface area contributed by atoms with E-state index in [1.165, 1.54) is 6.07 Å². The minimum atomic E-state index is -0.355. The highest BCUT2D eigenvalue weighted by atomic mass is 79.9. The Bertz CT molecular complexity index is 747. The Kier molecular flexibility index (Phi) is 3.76. The monoisotopic (exact) mass is 367 g/mol. The molecule has 0 aliphatic carbocycles. The van der Waals surface area contributed by atoms with Crippen molar-refractivity contribution in [3.63, 3.8) is 0 Å². The van der Waals surface area contributed by atoms with Gasteiger partial charge in [-0.1, -0.05) is 45.7 Å². The minimum absolute atomic E-state index is 0.0501. The van der Waals surface area contributed by atoms with Gasteiger partial charge in [0.2, 0.25) is 5.91 Å². The van der Waals surface area contributed by atoms with E-state index in [1.807, 2.05) is 19.1 Å². The number of carbonyl (C=O) groups excluding carboxylic acids is 1. The quantitative estimate of drug-likeness (QED) is 0.760. The lowest BCUT2D eigenvalue weighted by Gasteiger charge is -2.15. The first-order valence-corrected chi connectivity index (χ1v) is 7.77. The molecule has 1 atom stereocenters. The first kappa shape index (κ1) is 14.5. The third-order valence-electron chi connectivity index (χ3n) is 3.55. The molecule has 1 aliphatic rings. The van der Waals surface area contributed by atoms with Crippen molar-refractivity contribution in [2.75, 3.05) is 5.32 Å². The third kappa shape index (κ3) is 2.70. The van der Waals surface area contributed by atoms with E-state index in [9.17, 15) is 9.18 Å². The number of halogens is 3. The van der Waals surface area contributed by atoms with Crippen LogP contribution < -0.4 is 5.32 Å². The maximum Gasteiger partial charge on any atom is 0.228 e. The number of benzene rings is 2. The summed E-state index contributed by atoms with van der Waals surface area (Å²) in [7, 11) is 0. The zero-order valence-electron chi connectivity index (χ0n) is 11.2. The van der Waals surface area contributed by atoms with Gasteiger partial charge in [0.05, 0.1) is 11.2 Å². The van der Waals surface area contributed by atoms with Crippen LogP contribution in [0, 0.1) is 12.7 Å². The molecule has 108 valence electrons. The summed E-state index contributed by atoms with van der Waals surface area (Å²) in [4.78, 5) is 11.1. The highest BCUT2D eigenvalue weighted by Gasteiger charge is 2.23. The topological polar surface area (TPSA) is 29.1 Å². The Morgan fingerprint density at radius 1 is 1.29 bits per heavy atom. The summed E-state index contributed by atoms with van der Waals surface area (Å²) in [6.45, 7) is 1.84. The lowest BCUT2D eigenvalue weighted by Crippen LogP contribution is -2.03. The second kappa shape index (κ2) is 5.43. The minimum Gasteiger partial charge on any atom is -0.325 e. The molecule has 0 spiro atoms. The second-order valence-electron chi connectivity index (χ2n) is 5.14. The lowest BCUT2D eigenvalue weighted by atomic mass is 10.00. The predicted octanol–water partition coefficient (Wildman–Crippen LogP) is 4.77. The molecule has 2 aromatic carbocycles. The molecule has 0 aromatic heterocycles.